The summed E-state index contributed by atoms with van der Waals surface area (Å²) in [5, 5.41) is 7.32. The topological polar surface area (TPSA) is 51.0 Å². The predicted octanol–water partition coefficient (Wildman–Crippen LogP) is 1.66. The van der Waals surface area contributed by atoms with Crippen LogP contribution in [0, 0.1) is 0 Å². The number of piperidine rings is 1. The number of aromatic nitrogens is 2. The minimum absolute atomic E-state index is 0.351. The maximum atomic E-state index is 5.26. The van der Waals surface area contributed by atoms with E-state index < -0.39 is 0 Å². The summed E-state index contributed by atoms with van der Waals surface area (Å²) in [5.41, 5.74) is 0. The van der Waals surface area contributed by atoms with Crippen molar-refractivity contribution in [2.24, 2.45) is 0 Å². The normalized spacial score (nSPS) is 22.9. The summed E-state index contributed by atoms with van der Waals surface area (Å²) >= 11 is 0. The molecule has 0 aromatic carbocycles. The molecule has 0 radical (unpaired) electrons. The van der Waals surface area contributed by atoms with Crippen LogP contribution >= 0.6 is 0 Å². The lowest BCUT2D eigenvalue weighted by atomic mass is 10.00. The zero-order valence-electron chi connectivity index (χ0n) is 8.79. The van der Waals surface area contributed by atoms with E-state index in [2.05, 4.69) is 29.3 Å². The second kappa shape index (κ2) is 4.09. The van der Waals surface area contributed by atoms with E-state index in [1.165, 1.54) is 6.42 Å². The number of nitrogens with one attached hydrogen (secondary N) is 1. The fourth-order valence-corrected chi connectivity index (χ4v) is 1.71. The number of hydrogen-bond acceptors (Lipinski definition) is 4. The van der Waals surface area contributed by atoms with Gasteiger partial charge >= 0.3 is 0 Å². The number of hydrogen-bond donors (Lipinski definition) is 1. The lowest BCUT2D eigenvalue weighted by Crippen LogP contribution is -2.28. The first-order chi connectivity index (χ1) is 6.77. The molecule has 1 fully saturated rings. The molecule has 78 valence electrons. The summed E-state index contributed by atoms with van der Waals surface area (Å²) in [5.74, 6) is 2.40. The van der Waals surface area contributed by atoms with Gasteiger partial charge in [-0.25, -0.2) is 0 Å². The third-order valence-electron chi connectivity index (χ3n) is 2.62. The van der Waals surface area contributed by atoms with Crippen LogP contribution < -0.4 is 5.32 Å². The first-order valence-electron chi connectivity index (χ1n) is 5.31. The van der Waals surface area contributed by atoms with E-state index in [1.54, 1.807) is 0 Å². The summed E-state index contributed by atoms with van der Waals surface area (Å²) in [6.45, 7) is 6.24. The minimum Gasteiger partial charge on any atom is -0.339 e. The Bertz CT molecular complexity index is 289. The Morgan fingerprint density at radius 3 is 2.93 bits per heavy atom. The molecule has 4 heteroatoms. The summed E-state index contributed by atoms with van der Waals surface area (Å²) in [7, 11) is 0. The Kier molecular flexibility index (Phi) is 2.82. The van der Waals surface area contributed by atoms with Crippen molar-refractivity contribution in [1.82, 2.24) is 15.5 Å². The molecule has 2 rings (SSSR count). The van der Waals surface area contributed by atoms with Crippen LogP contribution in [0.3, 0.4) is 0 Å². The Morgan fingerprint density at radius 1 is 1.50 bits per heavy atom. The van der Waals surface area contributed by atoms with Crippen LogP contribution in [0.4, 0.5) is 0 Å². The highest BCUT2D eigenvalue weighted by molar-refractivity contribution is 4.98. The third-order valence-corrected chi connectivity index (χ3v) is 2.62. The standard InChI is InChI=1S/C10H17N3O/c1-7(2)9-12-10(14-13-9)8-4-3-5-11-6-8/h7-8,11H,3-6H2,1-2H3/t8-/m0/s1. The van der Waals surface area contributed by atoms with E-state index in [0.29, 0.717) is 11.8 Å². The van der Waals surface area contributed by atoms with Crippen LogP contribution in [0.1, 0.15) is 50.2 Å². The van der Waals surface area contributed by atoms with E-state index in [0.717, 1.165) is 31.2 Å². The van der Waals surface area contributed by atoms with Gasteiger partial charge in [-0.2, -0.15) is 4.98 Å². The van der Waals surface area contributed by atoms with Crippen LogP contribution in [0.25, 0.3) is 0 Å². The molecule has 0 spiro atoms. The third kappa shape index (κ3) is 1.95. The molecule has 0 amide bonds. The second-order valence-electron chi connectivity index (χ2n) is 4.19. The zero-order valence-corrected chi connectivity index (χ0v) is 8.79. The Hall–Kier alpha value is -0.900. The summed E-state index contributed by atoms with van der Waals surface area (Å²) in [6, 6.07) is 0. The van der Waals surface area contributed by atoms with E-state index in [1.807, 2.05) is 0 Å². The molecule has 1 aromatic rings. The minimum atomic E-state index is 0.351. The van der Waals surface area contributed by atoms with Gasteiger partial charge in [-0.15, -0.1) is 0 Å². The first kappa shape index (κ1) is 9.65. The quantitative estimate of drug-likeness (QED) is 0.779. The van der Waals surface area contributed by atoms with E-state index in [9.17, 15) is 0 Å². The van der Waals surface area contributed by atoms with Crippen LogP contribution in [-0.4, -0.2) is 23.2 Å². The van der Waals surface area contributed by atoms with Gasteiger partial charge in [0.15, 0.2) is 5.82 Å². The van der Waals surface area contributed by atoms with Gasteiger partial charge in [0, 0.05) is 12.5 Å². The van der Waals surface area contributed by atoms with Crippen molar-refractivity contribution in [2.75, 3.05) is 13.1 Å². The molecule has 14 heavy (non-hydrogen) atoms. The number of nitrogens with zero attached hydrogens (tertiary/aromatic N) is 2. The fourth-order valence-electron chi connectivity index (χ4n) is 1.71. The van der Waals surface area contributed by atoms with Crippen molar-refractivity contribution in [3.8, 4) is 0 Å². The Labute approximate surface area is 84.1 Å². The van der Waals surface area contributed by atoms with Gasteiger partial charge in [0.05, 0.1) is 5.92 Å². The average Bonchev–Trinajstić information content (AvgIpc) is 2.68. The van der Waals surface area contributed by atoms with Gasteiger partial charge in [0.25, 0.3) is 0 Å². The molecule has 4 nitrogen and oxygen atoms in total. The number of rotatable bonds is 2. The van der Waals surface area contributed by atoms with Crippen molar-refractivity contribution in [3.63, 3.8) is 0 Å². The molecule has 2 heterocycles. The molecule has 1 aliphatic heterocycles. The van der Waals surface area contributed by atoms with Gasteiger partial charge in [-0.1, -0.05) is 19.0 Å². The lowest BCUT2D eigenvalue weighted by molar-refractivity contribution is 0.319. The summed E-state index contributed by atoms with van der Waals surface area (Å²) < 4.78 is 5.26. The highest BCUT2D eigenvalue weighted by Crippen LogP contribution is 2.22. The van der Waals surface area contributed by atoms with Gasteiger partial charge < -0.3 is 9.84 Å². The van der Waals surface area contributed by atoms with E-state index >= 15 is 0 Å². The Morgan fingerprint density at radius 2 is 2.36 bits per heavy atom. The summed E-state index contributed by atoms with van der Waals surface area (Å²) in [4.78, 5) is 4.42. The van der Waals surface area contributed by atoms with Gasteiger partial charge in [-0.3, -0.25) is 0 Å². The summed E-state index contributed by atoms with van der Waals surface area (Å²) in [6.07, 6.45) is 2.36. The average molecular weight is 195 g/mol. The molecular weight excluding hydrogens is 178 g/mol. The molecule has 1 N–H and O–H groups in total. The maximum Gasteiger partial charge on any atom is 0.231 e. The van der Waals surface area contributed by atoms with Crippen LogP contribution in [-0.2, 0) is 0 Å². The Balaban J connectivity index is 2.07. The molecule has 0 bridgehead atoms. The predicted molar refractivity (Wildman–Crippen MR) is 53.2 cm³/mol. The van der Waals surface area contributed by atoms with E-state index in [4.69, 9.17) is 4.52 Å². The molecule has 0 unspecified atom stereocenters. The maximum absolute atomic E-state index is 5.26. The van der Waals surface area contributed by atoms with Crippen LogP contribution in [0.15, 0.2) is 4.52 Å². The van der Waals surface area contributed by atoms with Crippen molar-refractivity contribution in [2.45, 2.75) is 38.5 Å². The van der Waals surface area contributed by atoms with Gasteiger partial charge in [0.1, 0.15) is 0 Å². The molecule has 0 saturated carbocycles. The van der Waals surface area contributed by atoms with Crippen molar-refractivity contribution in [3.05, 3.63) is 11.7 Å². The van der Waals surface area contributed by atoms with Crippen LogP contribution in [0.2, 0.25) is 0 Å². The monoisotopic (exact) mass is 195 g/mol. The second-order valence-corrected chi connectivity index (χ2v) is 4.19. The van der Waals surface area contributed by atoms with Gasteiger partial charge in [0.2, 0.25) is 5.89 Å². The smallest absolute Gasteiger partial charge is 0.231 e. The van der Waals surface area contributed by atoms with E-state index in [-0.39, 0.29) is 0 Å². The molecule has 1 saturated heterocycles. The molecule has 1 aliphatic rings. The van der Waals surface area contributed by atoms with Crippen LogP contribution in [0.5, 0.6) is 0 Å². The largest absolute Gasteiger partial charge is 0.339 e. The highest BCUT2D eigenvalue weighted by atomic mass is 16.5. The fraction of sp³-hybridized carbons (Fsp3) is 0.800. The van der Waals surface area contributed by atoms with Crippen molar-refractivity contribution >= 4 is 0 Å². The van der Waals surface area contributed by atoms with Crippen molar-refractivity contribution < 1.29 is 4.52 Å². The molecule has 1 atom stereocenters. The molecule has 0 aliphatic carbocycles. The molecule has 1 aromatic heterocycles. The van der Waals surface area contributed by atoms with Crippen molar-refractivity contribution in [1.29, 1.82) is 0 Å². The first-order valence-corrected chi connectivity index (χ1v) is 5.31. The van der Waals surface area contributed by atoms with Gasteiger partial charge in [-0.05, 0) is 19.4 Å². The SMILES string of the molecule is CC(C)c1noc([C@H]2CCCNC2)n1. The highest BCUT2D eigenvalue weighted by Gasteiger charge is 2.21. The lowest BCUT2D eigenvalue weighted by Gasteiger charge is -2.18. The molecular formula is C10H17N3O. The zero-order chi connectivity index (χ0) is 9.97.